The Hall–Kier alpha value is -3.05. The van der Waals surface area contributed by atoms with Crippen LogP contribution in [0.25, 0.3) is 5.82 Å². The molecular weight excluding hydrogens is 377 g/mol. The van der Waals surface area contributed by atoms with Gasteiger partial charge in [-0.3, -0.25) is 4.79 Å². The Morgan fingerprint density at radius 3 is 2.78 bits per heavy atom. The summed E-state index contributed by atoms with van der Waals surface area (Å²) in [6, 6.07) is 7.72. The molecule has 0 aliphatic rings. The number of nitrogens with zero attached hydrogens (tertiary/aromatic N) is 4. The number of aromatic nitrogens is 4. The Morgan fingerprint density at radius 1 is 1.26 bits per heavy atom. The fourth-order valence-corrected chi connectivity index (χ4v) is 3.55. The highest BCUT2D eigenvalue weighted by molar-refractivity contribution is 7.89. The summed E-state index contributed by atoms with van der Waals surface area (Å²) < 4.78 is 48.1. The lowest BCUT2D eigenvalue weighted by atomic mass is 10.3. The van der Waals surface area contributed by atoms with E-state index in [0.717, 1.165) is 16.8 Å². The number of halogens is 1. The molecule has 0 unspecified atom stereocenters. The molecule has 0 amide bonds. The predicted molar refractivity (Wildman–Crippen MR) is 93.8 cm³/mol. The molecule has 11 heteroatoms. The van der Waals surface area contributed by atoms with Gasteiger partial charge in [-0.1, -0.05) is 0 Å². The van der Waals surface area contributed by atoms with Crippen molar-refractivity contribution in [1.82, 2.24) is 24.3 Å². The summed E-state index contributed by atoms with van der Waals surface area (Å²) in [6.45, 7) is -0.151. The summed E-state index contributed by atoms with van der Waals surface area (Å²) in [5.74, 6) is -0.282. The molecule has 0 bridgehead atoms. The van der Waals surface area contributed by atoms with Crippen molar-refractivity contribution < 1.29 is 17.5 Å². The molecule has 1 N–H and O–H groups in total. The predicted octanol–water partition coefficient (Wildman–Crippen LogP) is 0.555. The molecule has 3 aromatic rings. The Kier molecular flexibility index (Phi) is 5.33. The summed E-state index contributed by atoms with van der Waals surface area (Å²) in [5.41, 5.74) is -0.395. The van der Waals surface area contributed by atoms with Gasteiger partial charge in [0.15, 0.2) is 5.82 Å². The zero-order valence-corrected chi connectivity index (χ0v) is 15.1. The zero-order chi connectivity index (χ0) is 19.4. The molecule has 1 aromatic carbocycles. The van der Waals surface area contributed by atoms with E-state index in [1.165, 1.54) is 30.0 Å². The Labute approximate surface area is 154 Å². The van der Waals surface area contributed by atoms with Gasteiger partial charge in [0.2, 0.25) is 10.0 Å². The Morgan fingerprint density at radius 2 is 2.07 bits per heavy atom. The summed E-state index contributed by atoms with van der Waals surface area (Å²) in [5, 5.41) is 8.16. The molecule has 0 atom stereocenters. The van der Waals surface area contributed by atoms with E-state index < -0.39 is 21.4 Å². The average Bonchev–Trinajstić information content (AvgIpc) is 3.18. The largest absolute Gasteiger partial charge is 0.495 e. The molecule has 2 heterocycles. The molecule has 142 valence electrons. The molecule has 0 aliphatic carbocycles. The van der Waals surface area contributed by atoms with Crippen LogP contribution in [-0.2, 0) is 16.6 Å². The fourth-order valence-electron chi connectivity index (χ4n) is 2.35. The van der Waals surface area contributed by atoms with Gasteiger partial charge in [-0.2, -0.15) is 5.10 Å². The normalized spacial score (nSPS) is 11.5. The van der Waals surface area contributed by atoms with Gasteiger partial charge < -0.3 is 4.74 Å². The number of sulfonamides is 1. The summed E-state index contributed by atoms with van der Waals surface area (Å²) in [7, 11) is -2.75. The van der Waals surface area contributed by atoms with Crippen LogP contribution in [0.2, 0.25) is 0 Å². The second-order valence-corrected chi connectivity index (χ2v) is 7.13. The van der Waals surface area contributed by atoms with Crippen LogP contribution < -0.4 is 15.0 Å². The van der Waals surface area contributed by atoms with E-state index in [4.69, 9.17) is 4.74 Å². The van der Waals surface area contributed by atoms with Gasteiger partial charge in [-0.15, -0.1) is 5.10 Å². The van der Waals surface area contributed by atoms with E-state index in [2.05, 4.69) is 14.9 Å². The van der Waals surface area contributed by atoms with E-state index >= 15 is 0 Å². The third-order valence-corrected chi connectivity index (χ3v) is 5.10. The van der Waals surface area contributed by atoms with Crippen LogP contribution >= 0.6 is 0 Å². The molecular formula is C16H16FN5O4S. The van der Waals surface area contributed by atoms with Gasteiger partial charge in [0.1, 0.15) is 16.5 Å². The molecule has 0 spiro atoms. The SMILES string of the molecule is COc1ccc(F)cc1S(=O)(=O)NCCn1nc(-n2cccn2)ccc1=O. The van der Waals surface area contributed by atoms with Gasteiger partial charge in [0.05, 0.1) is 13.7 Å². The first kappa shape index (κ1) is 18.7. The van der Waals surface area contributed by atoms with Crippen LogP contribution in [0.3, 0.4) is 0 Å². The maximum Gasteiger partial charge on any atom is 0.266 e. The van der Waals surface area contributed by atoms with Gasteiger partial charge in [0, 0.05) is 25.0 Å². The molecule has 0 aliphatic heterocycles. The van der Waals surface area contributed by atoms with Crippen LogP contribution in [0.15, 0.2) is 58.5 Å². The smallest absolute Gasteiger partial charge is 0.266 e. The van der Waals surface area contributed by atoms with E-state index in [-0.39, 0.29) is 23.7 Å². The zero-order valence-electron chi connectivity index (χ0n) is 14.2. The van der Waals surface area contributed by atoms with E-state index in [9.17, 15) is 17.6 Å². The molecule has 2 aromatic heterocycles. The maximum absolute atomic E-state index is 13.4. The van der Waals surface area contributed by atoms with Crippen LogP contribution in [0.5, 0.6) is 5.75 Å². The lowest BCUT2D eigenvalue weighted by Crippen LogP contribution is -2.32. The minimum absolute atomic E-state index is 0.0138. The second kappa shape index (κ2) is 7.68. The van der Waals surface area contributed by atoms with Gasteiger partial charge in [-0.05, 0) is 30.3 Å². The number of hydrogen-bond acceptors (Lipinski definition) is 6. The summed E-state index contributed by atoms with van der Waals surface area (Å²) in [6.07, 6.45) is 3.23. The highest BCUT2D eigenvalue weighted by atomic mass is 32.2. The minimum Gasteiger partial charge on any atom is -0.495 e. The van der Waals surface area contributed by atoms with Gasteiger partial charge >= 0.3 is 0 Å². The first-order valence-corrected chi connectivity index (χ1v) is 9.30. The van der Waals surface area contributed by atoms with Crippen LogP contribution in [-0.4, -0.2) is 41.6 Å². The van der Waals surface area contributed by atoms with Crippen molar-refractivity contribution in [2.75, 3.05) is 13.7 Å². The van der Waals surface area contributed by atoms with Crippen molar-refractivity contribution in [3.63, 3.8) is 0 Å². The number of ether oxygens (including phenoxy) is 1. The van der Waals surface area contributed by atoms with E-state index in [0.29, 0.717) is 5.82 Å². The van der Waals surface area contributed by atoms with Crippen molar-refractivity contribution >= 4 is 10.0 Å². The van der Waals surface area contributed by atoms with Crippen LogP contribution in [0.4, 0.5) is 4.39 Å². The highest BCUT2D eigenvalue weighted by Crippen LogP contribution is 2.24. The first-order chi connectivity index (χ1) is 12.9. The fraction of sp³-hybridized carbons (Fsp3) is 0.188. The monoisotopic (exact) mass is 393 g/mol. The summed E-state index contributed by atoms with van der Waals surface area (Å²) in [4.78, 5) is 11.6. The Balaban J connectivity index is 1.76. The van der Waals surface area contributed by atoms with Crippen molar-refractivity contribution in [3.05, 3.63) is 65.0 Å². The molecule has 0 saturated carbocycles. The van der Waals surface area contributed by atoms with Crippen molar-refractivity contribution in [2.24, 2.45) is 0 Å². The molecule has 0 fully saturated rings. The van der Waals surface area contributed by atoms with Crippen LogP contribution in [0, 0.1) is 5.82 Å². The third-order valence-electron chi connectivity index (χ3n) is 3.62. The number of rotatable bonds is 7. The topological polar surface area (TPSA) is 108 Å². The maximum atomic E-state index is 13.4. The lowest BCUT2D eigenvalue weighted by molar-refractivity contribution is 0.400. The molecule has 9 nitrogen and oxygen atoms in total. The quantitative estimate of drug-likeness (QED) is 0.628. The first-order valence-electron chi connectivity index (χ1n) is 7.82. The van der Waals surface area contributed by atoms with Crippen molar-refractivity contribution in [2.45, 2.75) is 11.4 Å². The van der Waals surface area contributed by atoms with Crippen LogP contribution in [0.1, 0.15) is 0 Å². The molecule has 0 radical (unpaired) electrons. The highest BCUT2D eigenvalue weighted by Gasteiger charge is 2.20. The van der Waals surface area contributed by atoms with E-state index in [1.54, 1.807) is 18.5 Å². The standard InChI is InChI=1S/C16H16FN5O4S/c1-26-13-4-3-12(17)11-14(13)27(24,25)19-8-10-22-16(23)6-5-15(20-22)21-9-2-7-18-21/h2-7,9,11,19H,8,10H2,1H3. The molecule has 3 rings (SSSR count). The van der Waals surface area contributed by atoms with E-state index in [1.807, 2.05) is 0 Å². The van der Waals surface area contributed by atoms with Crippen molar-refractivity contribution in [3.8, 4) is 11.6 Å². The van der Waals surface area contributed by atoms with Gasteiger partial charge in [0.25, 0.3) is 5.56 Å². The molecule has 27 heavy (non-hydrogen) atoms. The third kappa shape index (κ3) is 4.20. The number of nitrogens with one attached hydrogen (secondary N) is 1. The molecule has 0 saturated heterocycles. The lowest BCUT2D eigenvalue weighted by Gasteiger charge is -2.11. The number of benzene rings is 1. The number of hydrogen-bond donors (Lipinski definition) is 1. The minimum atomic E-state index is -4.04. The van der Waals surface area contributed by atoms with Crippen molar-refractivity contribution in [1.29, 1.82) is 0 Å². The van der Waals surface area contributed by atoms with Gasteiger partial charge in [-0.25, -0.2) is 26.9 Å². The summed E-state index contributed by atoms with van der Waals surface area (Å²) >= 11 is 0. The second-order valence-electron chi connectivity index (χ2n) is 5.40. The number of methoxy groups -OCH3 is 1. The average molecular weight is 393 g/mol. The Bertz CT molecular complexity index is 1100.